The number of hydrogen-bond donors (Lipinski definition) is 0. The smallest absolute Gasteiger partial charge is 0.110 e. The van der Waals surface area contributed by atoms with Gasteiger partial charge in [0.2, 0.25) is 0 Å². The molecule has 0 saturated carbocycles. The Balaban J connectivity index is 1.90. The topological polar surface area (TPSA) is 31.0 Å². The maximum absolute atomic E-state index is 5.34. The third-order valence-electron chi connectivity index (χ3n) is 3.11. The molecule has 0 aliphatic rings. The van der Waals surface area contributed by atoms with Gasteiger partial charge in [-0.15, -0.1) is 0 Å². The van der Waals surface area contributed by atoms with E-state index in [-0.39, 0.29) is 0 Å². The molecule has 0 N–H and O–H groups in total. The maximum Gasteiger partial charge on any atom is 0.110 e. The van der Waals surface area contributed by atoms with Crippen molar-refractivity contribution in [2.24, 2.45) is 7.05 Å². The summed E-state index contributed by atoms with van der Waals surface area (Å²) in [4.78, 5) is 4.65. The van der Waals surface area contributed by atoms with Crippen LogP contribution in [-0.2, 0) is 19.9 Å². The minimum atomic E-state index is 0.880. The molecule has 0 fully saturated rings. The molecule has 0 bridgehead atoms. The first kappa shape index (κ1) is 11.5. The number of hydrogen-bond acceptors (Lipinski definition) is 2. The van der Waals surface area contributed by atoms with Gasteiger partial charge in [0.25, 0.3) is 0 Å². The van der Waals surface area contributed by atoms with E-state index in [9.17, 15) is 0 Å². The summed E-state index contributed by atoms with van der Waals surface area (Å²) < 4.78 is 8.56. The minimum absolute atomic E-state index is 0.880. The Morgan fingerprint density at radius 3 is 2.94 bits per heavy atom. The number of fused-ring (bicyclic) bond motifs is 1. The summed E-state index contributed by atoms with van der Waals surface area (Å²) in [5.41, 5.74) is 2.19. The van der Waals surface area contributed by atoms with Gasteiger partial charge in [-0.3, -0.25) is 0 Å². The first-order chi connectivity index (χ1) is 8.74. The molecule has 3 rings (SSSR count). The van der Waals surface area contributed by atoms with Crippen molar-refractivity contribution in [3.8, 4) is 0 Å². The standard InChI is InChI=1S/C14H13BrN2O/c1-17-13-9-10(15)4-6-12(13)16-14(17)7-5-11-3-2-8-18-11/h2-4,6,8-9H,5,7H2,1H3. The molecule has 0 unspecified atom stereocenters. The predicted molar refractivity (Wildman–Crippen MR) is 74.5 cm³/mol. The molecular formula is C14H13BrN2O. The molecule has 0 saturated heterocycles. The van der Waals surface area contributed by atoms with Crippen LogP contribution in [0, 0.1) is 0 Å². The molecule has 2 aromatic heterocycles. The van der Waals surface area contributed by atoms with Crippen molar-refractivity contribution < 1.29 is 4.42 Å². The Morgan fingerprint density at radius 1 is 1.28 bits per heavy atom. The molecule has 0 atom stereocenters. The summed E-state index contributed by atoms with van der Waals surface area (Å²) in [5, 5.41) is 0. The van der Waals surface area contributed by atoms with E-state index in [4.69, 9.17) is 4.42 Å². The highest BCUT2D eigenvalue weighted by Gasteiger charge is 2.08. The highest BCUT2D eigenvalue weighted by Crippen LogP contribution is 2.20. The second-order valence-corrected chi connectivity index (χ2v) is 5.22. The van der Waals surface area contributed by atoms with E-state index in [1.807, 2.05) is 24.3 Å². The average molecular weight is 305 g/mol. The van der Waals surface area contributed by atoms with Gasteiger partial charge in [0, 0.05) is 24.4 Å². The minimum Gasteiger partial charge on any atom is -0.469 e. The first-order valence-electron chi connectivity index (χ1n) is 5.87. The number of halogens is 1. The second-order valence-electron chi connectivity index (χ2n) is 4.30. The third kappa shape index (κ3) is 2.08. The molecule has 0 radical (unpaired) electrons. The van der Waals surface area contributed by atoms with Crippen molar-refractivity contribution >= 4 is 27.0 Å². The molecule has 0 aliphatic carbocycles. The summed E-state index contributed by atoms with van der Waals surface area (Å²) in [6.07, 6.45) is 3.48. The van der Waals surface area contributed by atoms with Crippen LogP contribution in [0.15, 0.2) is 45.5 Å². The van der Waals surface area contributed by atoms with E-state index < -0.39 is 0 Å². The molecule has 0 amide bonds. The number of benzene rings is 1. The van der Waals surface area contributed by atoms with Crippen LogP contribution < -0.4 is 0 Å². The molecule has 3 aromatic rings. The summed E-state index contributed by atoms with van der Waals surface area (Å²) in [6, 6.07) is 10.1. The van der Waals surface area contributed by atoms with Crippen LogP contribution in [-0.4, -0.2) is 9.55 Å². The Labute approximate surface area is 114 Å². The third-order valence-corrected chi connectivity index (χ3v) is 3.60. The van der Waals surface area contributed by atoms with Crippen LogP contribution in [0.4, 0.5) is 0 Å². The van der Waals surface area contributed by atoms with Crippen LogP contribution >= 0.6 is 15.9 Å². The van der Waals surface area contributed by atoms with Gasteiger partial charge in [0.15, 0.2) is 0 Å². The van der Waals surface area contributed by atoms with Gasteiger partial charge in [-0.1, -0.05) is 15.9 Å². The van der Waals surface area contributed by atoms with Crippen molar-refractivity contribution in [3.63, 3.8) is 0 Å². The van der Waals surface area contributed by atoms with Gasteiger partial charge in [-0.05, 0) is 30.3 Å². The van der Waals surface area contributed by atoms with E-state index in [1.54, 1.807) is 6.26 Å². The molecule has 3 nitrogen and oxygen atoms in total. The fraction of sp³-hybridized carbons (Fsp3) is 0.214. The Bertz CT molecular complexity index is 670. The molecule has 18 heavy (non-hydrogen) atoms. The fourth-order valence-corrected chi connectivity index (χ4v) is 2.48. The zero-order chi connectivity index (χ0) is 12.5. The average Bonchev–Trinajstić information content (AvgIpc) is 2.97. The predicted octanol–water partition coefficient (Wildman–Crippen LogP) is 3.71. The van der Waals surface area contributed by atoms with Crippen molar-refractivity contribution in [3.05, 3.63) is 52.7 Å². The second kappa shape index (κ2) is 4.61. The zero-order valence-corrected chi connectivity index (χ0v) is 11.6. The molecule has 1 aromatic carbocycles. The van der Waals surface area contributed by atoms with Crippen molar-refractivity contribution in [1.29, 1.82) is 0 Å². The highest BCUT2D eigenvalue weighted by atomic mass is 79.9. The van der Waals surface area contributed by atoms with Crippen molar-refractivity contribution in [1.82, 2.24) is 9.55 Å². The van der Waals surface area contributed by atoms with Gasteiger partial charge in [-0.2, -0.15) is 0 Å². The van der Waals surface area contributed by atoms with Crippen molar-refractivity contribution in [2.75, 3.05) is 0 Å². The molecule has 4 heteroatoms. The van der Waals surface area contributed by atoms with Crippen LogP contribution in [0.3, 0.4) is 0 Å². The number of aryl methyl sites for hydroxylation is 3. The summed E-state index contributed by atoms with van der Waals surface area (Å²) >= 11 is 3.49. The Morgan fingerprint density at radius 2 is 2.17 bits per heavy atom. The summed E-state index contributed by atoms with van der Waals surface area (Å²) in [6.45, 7) is 0. The number of rotatable bonds is 3. The summed E-state index contributed by atoms with van der Waals surface area (Å²) in [7, 11) is 2.05. The Kier molecular flexibility index (Phi) is 2.96. The lowest BCUT2D eigenvalue weighted by atomic mass is 10.2. The quantitative estimate of drug-likeness (QED) is 0.738. The van der Waals surface area contributed by atoms with E-state index in [0.717, 1.165) is 39.9 Å². The van der Waals surface area contributed by atoms with Gasteiger partial charge < -0.3 is 8.98 Å². The number of imidazole rings is 1. The molecule has 0 aliphatic heterocycles. The largest absolute Gasteiger partial charge is 0.469 e. The summed E-state index contributed by atoms with van der Waals surface area (Å²) in [5.74, 6) is 2.09. The van der Waals surface area contributed by atoms with Gasteiger partial charge in [-0.25, -0.2) is 4.98 Å². The maximum atomic E-state index is 5.34. The van der Waals surface area contributed by atoms with Crippen LogP contribution in [0.1, 0.15) is 11.6 Å². The lowest BCUT2D eigenvalue weighted by Crippen LogP contribution is -1.99. The zero-order valence-electron chi connectivity index (χ0n) is 10.1. The normalized spacial score (nSPS) is 11.2. The lowest BCUT2D eigenvalue weighted by molar-refractivity contribution is 0.505. The van der Waals surface area contributed by atoms with Gasteiger partial charge in [0.1, 0.15) is 11.6 Å². The van der Waals surface area contributed by atoms with E-state index in [1.165, 1.54) is 0 Å². The number of aromatic nitrogens is 2. The monoisotopic (exact) mass is 304 g/mol. The molecular weight excluding hydrogens is 292 g/mol. The number of nitrogens with zero attached hydrogens (tertiary/aromatic N) is 2. The van der Waals surface area contributed by atoms with Gasteiger partial charge in [0.05, 0.1) is 17.3 Å². The van der Waals surface area contributed by atoms with Crippen LogP contribution in [0.5, 0.6) is 0 Å². The van der Waals surface area contributed by atoms with E-state index in [2.05, 4.69) is 38.6 Å². The van der Waals surface area contributed by atoms with Gasteiger partial charge >= 0.3 is 0 Å². The van der Waals surface area contributed by atoms with E-state index in [0.29, 0.717) is 0 Å². The van der Waals surface area contributed by atoms with Crippen molar-refractivity contribution in [2.45, 2.75) is 12.8 Å². The molecule has 0 spiro atoms. The van der Waals surface area contributed by atoms with Crippen LogP contribution in [0.2, 0.25) is 0 Å². The fourth-order valence-electron chi connectivity index (χ4n) is 2.13. The Hall–Kier alpha value is -1.55. The molecule has 2 heterocycles. The van der Waals surface area contributed by atoms with Crippen LogP contribution in [0.25, 0.3) is 11.0 Å². The SMILES string of the molecule is Cn1c(CCc2ccco2)nc2ccc(Br)cc21. The highest BCUT2D eigenvalue weighted by molar-refractivity contribution is 9.10. The number of furan rings is 1. The molecule has 92 valence electrons. The first-order valence-corrected chi connectivity index (χ1v) is 6.66. The van der Waals surface area contributed by atoms with E-state index >= 15 is 0 Å². The lowest BCUT2D eigenvalue weighted by Gasteiger charge is -2.01.